The summed E-state index contributed by atoms with van der Waals surface area (Å²) in [4.78, 5) is 14.3. The lowest BCUT2D eigenvalue weighted by atomic mass is 9.95. The highest BCUT2D eigenvalue weighted by molar-refractivity contribution is 6.08. The summed E-state index contributed by atoms with van der Waals surface area (Å²) in [6, 6.07) is 5.89. The van der Waals surface area contributed by atoms with Crippen LogP contribution in [0.25, 0.3) is 11.0 Å². The van der Waals surface area contributed by atoms with Gasteiger partial charge in [-0.15, -0.1) is 0 Å². The van der Waals surface area contributed by atoms with E-state index in [0.29, 0.717) is 12.0 Å². The average Bonchev–Trinajstić information content (AvgIpc) is 2.50. The summed E-state index contributed by atoms with van der Waals surface area (Å²) in [5.74, 6) is 0. The first-order valence-corrected chi connectivity index (χ1v) is 8.68. The van der Waals surface area contributed by atoms with E-state index in [2.05, 4.69) is 24.9 Å². The smallest absolute Gasteiger partial charge is 0.336 e. The number of hydrogen-bond acceptors (Lipinski definition) is 4. The fourth-order valence-corrected chi connectivity index (χ4v) is 3.48. The van der Waals surface area contributed by atoms with E-state index in [-0.39, 0.29) is 11.7 Å². The maximum absolute atomic E-state index is 11.9. The van der Waals surface area contributed by atoms with Crippen LogP contribution in [0.15, 0.2) is 27.4 Å². The Morgan fingerprint density at radius 2 is 2.22 bits per heavy atom. The molecule has 4 nitrogen and oxygen atoms in total. The van der Waals surface area contributed by atoms with Crippen molar-refractivity contribution in [2.24, 2.45) is 5.73 Å². The van der Waals surface area contributed by atoms with Gasteiger partial charge in [-0.1, -0.05) is 6.32 Å². The molecule has 0 spiro atoms. The molecule has 3 rings (SSSR count). The van der Waals surface area contributed by atoms with Gasteiger partial charge in [0, 0.05) is 42.3 Å². The van der Waals surface area contributed by atoms with E-state index in [1.165, 1.54) is 30.4 Å². The second-order valence-corrected chi connectivity index (χ2v) is 6.69. The number of nitrogens with two attached hydrogens (primary N) is 1. The Bertz CT molecular complexity index is 755. The Kier molecular flexibility index (Phi) is 4.76. The number of fused-ring (bicyclic) bond motifs is 2. The molecule has 1 aromatic heterocycles. The van der Waals surface area contributed by atoms with Gasteiger partial charge in [0.25, 0.3) is 0 Å². The minimum atomic E-state index is -0.288. The molecule has 0 saturated carbocycles. The van der Waals surface area contributed by atoms with Crippen molar-refractivity contribution < 1.29 is 4.42 Å². The Morgan fingerprint density at radius 1 is 1.39 bits per heavy atom. The summed E-state index contributed by atoms with van der Waals surface area (Å²) >= 11 is 0. The average molecular weight is 312 g/mol. The molecule has 0 radical (unpaired) electrons. The van der Waals surface area contributed by atoms with E-state index < -0.39 is 0 Å². The lowest BCUT2D eigenvalue weighted by Crippen LogP contribution is -2.30. The summed E-state index contributed by atoms with van der Waals surface area (Å²) in [5.41, 5.74) is 9.94. The van der Waals surface area contributed by atoms with Gasteiger partial charge in [-0.2, -0.15) is 0 Å². The minimum absolute atomic E-state index is 0.0251. The van der Waals surface area contributed by atoms with Gasteiger partial charge < -0.3 is 15.1 Å². The molecule has 1 aromatic carbocycles. The van der Waals surface area contributed by atoms with Gasteiger partial charge in [0.1, 0.15) is 13.4 Å². The van der Waals surface area contributed by atoms with E-state index in [1.54, 1.807) is 6.07 Å². The van der Waals surface area contributed by atoms with Gasteiger partial charge in [0.05, 0.1) is 0 Å². The van der Waals surface area contributed by atoms with Crippen molar-refractivity contribution in [3.63, 3.8) is 0 Å². The summed E-state index contributed by atoms with van der Waals surface area (Å²) < 4.78 is 5.48. The molecule has 23 heavy (non-hydrogen) atoms. The molecule has 122 valence electrons. The minimum Gasteiger partial charge on any atom is -0.423 e. The monoisotopic (exact) mass is 312 g/mol. The molecule has 2 N–H and O–H groups in total. The van der Waals surface area contributed by atoms with E-state index in [1.807, 2.05) is 6.92 Å². The third-order valence-electron chi connectivity index (χ3n) is 4.57. The molecule has 2 aromatic rings. The lowest BCUT2D eigenvalue weighted by Gasteiger charge is -2.31. The van der Waals surface area contributed by atoms with Gasteiger partial charge >= 0.3 is 5.63 Å². The first-order valence-electron chi connectivity index (χ1n) is 8.68. The summed E-state index contributed by atoms with van der Waals surface area (Å²) in [6.07, 6.45) is 5.34. The SMILES string of the molecule is BCCCN1CCCc2cc3c(CC(C)N)cc(=O)oc3cc21. The molecule has 0 aliphatic carbocycles. The van der Waals surface area contributed by atoms with Gasteiger partial charge in [0.2, 0.25) is 0 Å². The number of hydrogen-bond donors (Lipinski definition) is 1. The predicted octanol–water partition coefficient (Wildman–Crippen LogP) is 1.88. The number of anilines is 1. The third-order valence-corrected chi connectivity index (χ3v) is 4.57. The Balaban J connectivity index is 2.09. The van der Waals surface area contributed by atoms with Crippen LogP contribution < -0.4 is 16.3 Å². The van der Waals surface area contributed by atoms with Gasteiger partial charge in [-0.05, 0) is 49.8 Å². The van der Waals surface area contributed by atoms with E-state index in [9.17, 15) is 4.79 Å². The van der Waals surface area contributed by atoms with Crippen molar-refractivity contribution in [2.75, 3.05) is 18.0 Å². The quantitative estimate of drug-likeness (QED) is 0.676. The molecule has 0 amide bonds. The number of benzene rings is 1. The van der Waals surface area contributed by atoms with Crippen LogP contribution in [0, 0.1) is 0 Å². The van der Waals surface area contributed by atoms with E-state index in [0.717, 1.165) is 30.5 Å². The Hall–Kier alpha value is -1.75. The highest BCUT2D eigenvalue weighted by Crippen LogP contribution is 2.32. The van der Waals surface area contributed by atoms with Crippen LogP contribution in [0.3, 0.4) is 0 Å². The topological polar surface area (TPSA) is 59.5 Å². The molecule has 2 heterocycles. The van der Waals surface area contributed by atoms with Crippen molar-refractivity contribution >= 4 is 24.5 Å². The van der Waals surface area contributed by atoms with Crippen molar-refractivity contribution in [3.05, 3.63) is 39.7 Å². The standard InChI is InChI=1S/C18H25BN2O2/c1-12(20)8-14-10-18(22)23-17-11-16-13(9-15(14)17)4-2-6-21(16)7-3-5-19/h9-12H,2-8,19-20H2,1H3. The van der Waals surface area contributed by atoms with Crippen molar-refractivity contribution in [2.45, 2.75) is 45.0 Å². The van der Waals surface area contributed by atoms with Crippen LogP contribution in [0.4, 0.5) is 5.69 Å². The van der Waals surface area contributed by atoms with Crippen LogP contribution in [-0.4, -0.2) is 27.0 Å². The maximum atomic E-state index is 11.9. The van der Waals surface area contributed by atoms with Gasteiger partial charge in [-0.3, -0.25) is 0 Å². The van der Waals surface area contributed by atoms with Gasteiger partial charge in [-0.25, -0.2) is 4.79 Å². The maximum Gasteiger partial charge on any atom is 0.336 e. The second-order valence-electron chi connectivity index (χ2n) is 6.69. The molecule has 1 aliphatic rings. The van der Waals surface area contributed by atoms with Crippen molar-refractivity contribution in [1.29, 1.82) is 0 Å². The molecule has 1 atom stereocenters. The summed E-state index contributed by atoms with van der Waals surface area (Å²) in [6.45, 7) is 4.12. The summed E-state index contributed by atoms with van der Waals surface area (Å²) in [7, 11) is 2.21. The first-order chi connectivity index (χ1) is 11.1. The number of nitrogens with zero attached hydrogens (tertiary/aromatic N) is 1. The molecule has 5 heteroatoms. The molecular weight excluding hydrogens is 287 g/mol. The fraction of sp³-hybridized carbons (Fsp3) is 0.500. The number of rotatable bonds is 5. The van der Waals surface area contributed by atoms with Gasteiger partial charge in [0.15, 0.2) is 0 Å². The zero-order valence-electron chi connectivity index (χ0n) is 14.1. The molecular formula is C18H25BN2O2. The first kappa shape index (κ1) is 16.1. The predicted molar refractivity (Wildman–Crippen MR) is 98.3 cm³/mol. The van der Waals surface area contributed by atoms with Crippen LogP contribution in [-0.2, 0) is 12.8 Å². The van der Waals surface area contributed by atoms with Crippen molar-refractivity contribution in [3.8, 4) is 0 Å². The third kappa shape index (κ3) is 3.45. The second kappa shape index (κ2) is 6.79. The normalized spacial score (nSPS) is 15.7. The highest BCUT2D eigenvalue weighted by Gasteiger charge is 2.19. The molecule has 1 aliphatic heterocycles. The fourth-order valence-electron chi connectivity index (χ4n) is 3.48. The zero-order valence-corrected chi connectivity index (χ0v) is 14.1. The molecule has 0 fully saturated rings. The largest absolute Gasteiger partial charge is 0.423 e. The molecule has 0 bridgehead atoms. The Labute approximate surface area is 138 Å². The summed E-state index contributed by atoms with van der Waals surface area (Å²) in [5, 5.41) is 1.04. The Morgan fingerprint density at radius 3 is 2.96 bits per heavy atom. The molecule has 1 unspecified atom stereocenters. The van der Waals surface area contributed by atoms with Crippen molar-refractivity contribution in [1.82, 2.24) is 0 Å². The van der Waals surface area contributed by atoms with Crippen LogP contribution >= 0.6 is 0 Å². The number of aryl methyl sites for hydroxylation is 1. The van der Waals surface area contributed by atoms with Crippen LogP contribution in [0.2, 0.25) is 6.32 Å². The molecule has 0 saturated heterocycles. The van der Waals surface area contributed by atoms with E-state index in [4.69, 9.17) is 10.2 Å². The highest BCUT2D eigenvalue weighted by atomic mass is 16.4. The van der Waals surface area contributed by atoms with Crippen LogP contribution in [0.5, 0.6) is 0 Å². The van der Waals surface area contributed by atoms with Crippen LogP contribution in [0.1, 0.15) is 30.9 Å². The lowest BCUT2D eigenvalue weighted by molar-refractivity contribution is 0.556. The zero-order chi connectivity index (χ0) is 16.4. The van der Waals surface area contributed by atoms with E-state index >= 15 is 0 Å².